The van der Waals surface area contributed by atoms with E-state index in [1.807, 2.05) is 0 Å². The first-order valence-electron chi connectivity index (χ1n) is 6.09. The molecule has 0 saturated heterocycles. The smallest absolute Gasteiger partial charge is 0.238 e. The van der Waals surface area contributed by atoms with Crippen molar-refractivity contribution in [3.63, 3.8) is 0 Å². The number of sulfone groups is 1. The van der Waals surface area contributed by atoms with Crippen molar-refractivity contribution in [2.75, 3.05) is 20.3 Å². The van der Waals surface area contributed by atoms with Gasteiger partial charge in [0.05, 0.1) is 12.4 Å². The van der Waals surface area contributed by atoms with Crippen molar-refractivity contribution in [2.45, 2.75) is 17.9 Å². The number of benzene rings is 1. The van der Waals surface area contributed by atoms with Gasteiger partial charge in [0, 0.05) is 18.7 Å². The molecule has 0 saturated carbocycles. The highest BCUT2D eigenvalue weighted by atomic mass is 35.5. The highest BCUT2D eigenvalue weighted by molar-refractivity contribution is 7.92. The summed E-state index contributed by atoms with van der Waals surface area (Å²) in [6, 6.07) is 6.51. The van der Waals surface area contributed by atoms with E-state index in [-0.39, 0.29) is 12.3 Å². The van der Waals surface area contributed by atoms with Crippen LogP contribution in [0.25, 0.3) is 0 Å². The summed E-state index contributed by atoms with van der Waals surface area (Å²) in [5, 5.41) is 1.96. The number of nitrogens with one attached hydrogen (secondary N) is 1. The summed E-state index contributed by atoms with van der Waals surface area (Å²) in [5.74, 6) is -0.709. The fraction of sp³-hybridized carbons (Fsp3) is 0.462. The summed E-state index contributed by atoms with van der Waals surface area (Å²) in [6.45, 7) is 2.01. The zero-order valence-corrected chi connectivity index (χ0v) is 13.0. The van der Waals surface area contributed by atoms with E-state index in [4.69, 9.17) is 16.3 Å². The number of rotatable bonds is 7. The van der Waals surface area contributed by atoms with Crippen molar-refractivity contribution in [1.29, 1.82) is 0 Å². The summed E-state index contributed by atoms with van der Waals surface area (Å²) in [4.78, 5) is 11.7. The summed E-state index contributed by atoms with van der Waals surface area (Å²) in [5.41, 5.74) is 0.603. The standard InChI is InChI=1S/C13H18ClNO4S/c1-10(13(16)15-7-8-19-2)20(17,18)9-11-3-5-12(14)6-4-11/h3-6,10H,7-9H2,1-2H3,(H,15,16). The lowest BCUT2D eigenvalue weighted by molar-refractivity contribution is -0.120. The number of ether oxygens (including phenoxy) is 1. The summed E-state index contributed by atoms with van der Waals surface area (Å²) in [6.07, 6.45) is 0. The first-order chi connectivity index (χ1) is 9.36. The van der Waals surface area contributed by atoms with Gasteiger partial charge in [-0.25, -0.2) is 8.42 Å². The van der Waals surface area contributed by atoms with Gasteiger partial charge < -0.3 is 10.1 Å². The molecule has 1 rings (SSSR count). The zero-order chi connectivity index (χ0) is 15.2. The van der Waals surface area contributed by atoms with Crippen LogP contribution in [0.2, 0.25) is 5.02 Å². The third-order valence-corrected chi connectivity index (χ3v) is 5.07. The van der Waals surface area contributed by atoms with E-state index in [0.717, 1.165) is 0 Å². The molecule has 5 nitrogen and oxygen atoms in total. The molecule has 0 fully saturated rings. The molecular formula is C13H18ClNO4S. The highest BCUT2D eigenvalue weighted by Crippen LogP contribution is 2.14. The minimum Gasteiger partial charge on any atom is -0.383 e. The van der Waals surface area contributed by atoms with Gasteiger partial charge in [0.25, 0.3) is 0 Å². The van der Waals surface area contributed by atoms with E-state index >= 15 is 0 Å². The molecule has 1 aromatic rings. The average molecular weight is 320 g/mol. The van der Waals surface area contributed by atoms with E-state index in [0.29, 0.717) is 17.2 Å². The molecular weight excluding hydrogens is 302 g/mol. The van der Waals surface area contributed by atoms with Crippen LogP contribution in [0.4, 0.5) is 0 Å². The first-order valence-corrected chi connectivity index (χ1v) is 8.19. The molecule has 0 radical (unpaired) electrons. The van der Waals surface area contributed by atoms with Gasteiger partial charge in [-0.15, -0.1) is 0 Å². The van der Waals surface area contributed by atoms with Gasteiger partial charge in [0.15, 0.2) is 9.84 Å². The molecule has 20 heavy (non-hydrogen) atoms. The Bertz CT molecular complexity index is 542. The summed E-state index contributed by atoms with van der Waals surface area (Å²) in [7, 11) is -2.05. The minimum atomic E-state index is -3.56. The molecule has 0 aliphatic rings. The van der Waals surface area contributed by atoms with Crippen molar-refractivity contribution in [1.82, 2.24) is 5.32 Å². The highest BCUT2D eigenvalue weighted by Gasteiger charge is 2.27. The number of hydrogen-bond donors (Lipinski definition) is 1. The molecule has 0 aliphatic carbocycles. The second-order valence-electron chi connectivity index (χ2n) is 4.36. The Morgan fingerprint density at radius 3 is 2.50 bits per heavy atom. The Morgan fingerprint density at radius 2 is 1.95 bits per heavy atom. The predicted octanol–water partition coefficient (Wildman–Crippen LogP) is 1.41. The van der Waals surface area contributed by atoms with Gasteiger partial charge in [0.1, 0.15) is 5.25 Å². The van der Waals surface area contributed by atoms with Gasteiger partial charge in [-0.05, 0) is 24.6 Å². The van der Waals surface area contributed by atoms with Crippen LogP contribution >= 0.6 is 11.6 Å². The number of carbonyl (C=O) groups is 1. The maximum absolute atomic E-state index is 12.1. The second kappa shape index (κ2) is 7.61. The van der Waals surface area contributed by atoms with Crippen molar-refractivity contribution >= 4 is 27.3 Å². The van der Waals surface area contributed by atoms with Crippen molar-refractivity contribution in [3.8, 4) is 0 Å². The minimum absolute atomic E-state index is 0.191. The lowest BCUT2D eigenvalue weighted by Gasteiger charge is -2.13. The Balaban J connectivity index is 2.67. The van der Waals surface area contributed by atoms with Crippen LogP contribution < -0.4 is 5.32 Å². The molecule has 0 aliphatic heterocycles. The third-order valence-electron chi connectivity index (χ3n) is 2.79. The molecule has 0 aromatic heterocycles. The summed E-state index contributed by atoms with van der Waals surface area (Å²) >= 11 is 5.74. The van der Waals surface area contributed by atoms with E-state index < -0.39 is 21.0 Å². The number of methoxy groups -OCH3 is 1. The quantitative estimate of drug-likeness (QED) is 0.771. The fourth-order valence-corrected chi connectivity index (χ4v) is 2.96. The zero-order valence-electron chi connectivity index (χ0n) is 11.4. The van der Waals surface area contributed by atoms with E-state index in [9.17, 15) is 13.2 Å². The maximum Gasteiger partial charge on any atom is 0.238 e. The van der Waals surface area contributed by atoms with Crippen LogP contribution in [0.5, 0.6) is 0 Å². The van der Waals surface area contributed by atoms with Gasteiger partial charge in [-0.2, -0.15) is 0 Å². The predicted molar refractivity (Wildman–Crippen MR) is 78.4 cm³/mol. The van der Waals surface area contributed by atoms with Gasteiger partial charge >= 0.3 is 0 Å². The number of hydrogen-bond acceptors (Lipinski definition) is 4. The fourth-order valence-electron chi connectivity index (χ4n) is 1.52. The van der Waals surface area contributed by atoms with Crippen molar-refractivity contribution in [2.24, 2.45) is 0 Å². The average Bonchev–Trinajstić information content (AvgIpc) is 2.40. The van der Waals surface area contributed by atoms with Crippen LogP contribution in [0.15, 0.2) is 24.3 Å². The lowest BCUT2D eigenvalue weighted by atomic mass is 10.2. The van der Waals surface area contributed by atoms with Crippen LogP contribution in [-0.4, -0.2) is 39.8 Å². The van der Waals surface area contributed by atoms with E-state index in [2.05, 4.69) is 5.32 Å². The number of amides is 1. The Morgan fingerprint density at radius 1 is 1.35 bits per heavy atom. The van der Waals surface area contributed by atoms with Gasteiger partial charge in [-0.3, -0.25) is 4.79 Å². The Hall–Kier alpha value is -1.11. The van der Waals surface area contributed by atoms with Crippen LogP contribution in [-0.2, 0) is 25.1 Å². The first kappa shape index (κ1) is 16.9. The molecule has 0 heterocycles. The van der Waals surface area contributed by atoms with Crippen molar-refractivity contribution < 1.29 is 17.9 Å². The van der Waals surface area contributed by atoms with Crippen LogP contribution in [0.3, 0.4) is 0 Å². The van der Waals surface area contributed by atoms with Crippen LogP contribution in [0.1, 0.15) is 12.5 Å². The SMILES string of the molecule is COCCNC(=O)C(C)S(=O)(=O)Cc1ccc(Cl)cc1. The third kappa shape index (κ3) is 5.11. The molecule has 1 aromatic carbocycles. The van der Waals surface area contributed by atoms with Gasteiger partial charge in [-0.1, -0.05) is 23.7 Å². The number of carbonyl (C=O) groups excluding carboxylic acids is 1. The lowest BCUT2D eigenvalue weighted by Crippen LogP contribution is -2.39. The van der Waals surface area contributed by atoms with E-state index in [1.54, 1.807) is 24.3 Å². The molecule has 7 heteroatoms. The van der Waals surface area contributed by atoms with E-state index in [1.165, 1.54) is 14.0 Å². The molecule has 1 N–H and O–H groups in total. The Labute approximate surface area is 124 Å². The Kier molecular flexibility index (Phi) is 6.45. The van der Waals surface area contributed by atoms with Gasteiger partial charge in [0.2, 0.25) is 5.91 Å². The summed E-state index contributed by atoms with van der Waals surface area (Å²) < 4.78 is 29.1. The van der Waals surface area contributed by atoms with Crippen molar-refractivity contribution in [3.05, 3.63) is 34.9 Å². The maximum atomic E-state index is 12.1. The largest absolute Gasteiger partial charge is 0.383 e. The molecule has 1 unspecified atom stereocenters. The monoisotopic (exact) mass is 319 g/mol. The topological polar surface area (TPSA) is 72.5 Å². The molecule has 1 amide bonds. The normalized spacial score (nSPS) is 12.9. The molecule has 0 spiro atoms. The number of halogens is 1. The molecule has 0 bridgehead atoms. The molecule has 1 atom stereocenters. The molecule has 112 valence electrons. The second-order valence-corrected chi connectivity index (χ2v) is 7.12. The van der Waals surface area contributed by atoms with Crippen LogP contribution in [0, 0.1) is 0 Å².